The van der Waals surface area contributed by atoms with Crippen LogP contribution in [-0.4, -0.2) is 17.0 Å². The molecular weight excluding hydrogens is 284 g/mol. The maximum atomic E-state index is 10.6. The van der Waals surface area contributed by atoms with Gasteiger partial charge >= 0.3 is 5.88 Å². The number of pyridine rings is 1. The number of para-hydroxylation sites is 1. The van der Waals surface area contributed by atoms with E-state index >= 15 is 0 Å². The molecule has 0 aliphatic carbocycles. The molecule has 0 saturated heterocycles. The Bertz CT molecular complexity index is 867. The van der Waals surface area contributed by atoms with Crippen LogP contribution in [0.15, 0.2) is 46.9 Å². The van der Waals surface area contributed by atoms with Crippen LogP contribution in [0.1, 0.15) is 11.5 Å². The van der Waals surface area contributed by atoms with Crippen LogP contribution in [0.5, 0.6) is 5.75 Å². The number of nitro groups is 1. The Morgan fingerprint density at radius 3 is 2.77 bits per heavy atom. The quantitative estimate of drug-likeness (QED) is 0.538. The smallest absolute Gasteiger partial charge is 0.433 e. The molecule has 0 fully saturated rings. The topological polar surface area (TPSA) is 78.4 Å². The highest BCUT2D eigenvalue weighted by Crippen LogP contribution is 2.24. The lowest BCUT2D eigenvalue weighted by molar-refractivity contribution is -0.402. The summed E-state index contributed by atoms with van der Waals surface area (Å²) in [7, 11) is 1.60. The van der Waals surface area contributed by atoms with Crippen LogP contribution >= 0.6 is 0 Å². The van der Waals surface area contributed by atoms with Crippen LogP contribution in [0.3, 0.4) is 0 Å². The number of hydrogen-bond donors (Lipinski definition) is 0. The molecule has 110 valence electrons. The second-order valence-electron chi connectivity index (χ2n) is 4.53. The Morgan fingerprint density at radius 2 is 2.05 bits per heavy atom. The zero-order chi connectivity index (χ0) is 15.5. The van der Waals surface area contributed by atoms with E-state index in [0.29, 0.717) is 17.2 Å². The summed E-state index contributed by atoms with van der Waals surface area (Å²) in [4.78, 5) is 14.5. The molecule has 0 atom stereocenters. The second kappa shape index (κ2) is 5.69. The number of rotatable bonds is 4. The molecule has 6 nitrogen and oxygen atoms in total. The van der Waals surface area contributed by atoms with Crippen molar-refractivity contribution < 1.29 is 14.1 Å². The van der Waals surface area contributed by atoms with Crippen molar-refractivity contribution >= 4 is 28.9 Å². The normalized spacial score (nSPS) is 11.1. The van der Waals surface area contributed by atoms with E-state index < -0.39 is 4.92 Å². The van der Waals surface area contributed by atoms with Crippen LogP contribution in [0, 0.1) is 10.1 Å². The number of ether oxygens (including phenoxy) is 1. The maximum absolute atomic E-state index is 10.6. The third-order valence-electron chi connectivity index (χ3n) is 3.14. The summed E-state index contributed by atoms with van der Waals surface area (Å²) in [6.45, 7) is 0. The van der Waals surface area contributed by atoms with Gasteiger partial charge in [0, 0.05) is 5.39 Å². The van der Waals surface area contributed by atoms with E-state index in [1.165, 1.54) is 12.1 Å². The van der Waals surface area contributed by atoms with Crippen LogP contribution in [0.25, 0.3) is 23.1 Å². The molecule has 22 heavy (non-hydrogen) atoms. The van der Waals surface area contributed by atoms with Crippen molar-refractivity contribution in [3.05, 3.63) is 64.0 Å². The third kappa shape index (κ3) is 2.67. The van der Waals surface area contributed by atoms with Crippen molar-refractivity contribution in [1.29, 1.82) is 0 Å². The van der Waals surface area contributed by atoms with Gasteiger partial charge in [0.1, 0.15) is 21.9 Å². The number of aromatic nitrogens is 1. The van der Waals surface area contributed by atoms with E-state index in [-0.39, 0.29) is 5.88 Å². The Kier molecular flexibility index (Phi) is 3.57. The van der Waals surface area contributed by atoms with Crippen molar-refractivity contribution in [3.8, 4) is 5.75 Å². The van der Waals surface area contributed by atoms with E-state index in [1.54, 1.807) is 19.3 Å². The summed E-state index contributed by atoms with van der Waals surface area (Å²) in [5.74, 6) is 0.808. The van der Waals surface area contributed by atoms with Gasteiger partial charge in [-0.1, -0.05) is 18.2 Å². The molecule has 6 heteroatoms. The number of furan rings is 1. The minimum Gasteiger partial charge on any atom is -0.494 e. The first kappa shape index (κ1) is 13.8. The van der Waals surface area contributed by atoms with Crippen LogP contribution < -0.4 is 4.74 Å². The van der Waals surface area contributed by atoms with Gasteiger partial charge in [-0.25, -0.2) is 4.98 Å². The van der Waals surface area contributed by atoms with Crippen LogP contribution in [0.4, 0.5) is 5.88 Å². The van der Waals surface area contributed by atoms with Crippen molar-refractivity contribution in [3.63, 3.8) is 0 Å². The summed E-state index contributed by atoms with van der Waals surface area (Å²) in [6, 6.07) is 12.4. The van der Waals surface area contributed by atoms with Gasteiger partial charge in [0.15, 0.2) is 0 Å². The molecule has 2 heterocycles. The van der Waals surface area contributed by atoms with Gasteiger partial charge in [0.2, 0.25) is 0 Å². The zero-order valence-corrected chi connectivity index (χ0v) is 11.7. The summed E-state index contributed by atoms with van der Waals surface area (Å²) in [5, 5.41) is 11.5. The molecule has 0 amide bonds. The average Bonchev–Trinajstić information content (AvgIpc) is 3.01. The number of fused-ring (bicyclic) bond motifs is 1. The molecule has 2 aromatic heterocycles. The van der Waals surface area contributed by atoms with Crippen molar-refractivity contribution in [2.45, 2.75) is 0 Å². The van der Waals surface area contributed by atoms with E-state index in [0.717, 1.165) is 10.9 Å². The number of methoxy groups -OCH3 is 1. The molecule has 0 unspecified atom stereocenters. The van der Waals surface area contributed by atoms with Gasteiger partial charge in [0.05, 0.1) is 18.9 Å². The number of hydrogen-bond acceptors (Lipinski definition) is 5. The predicted octanol–water partition coefficient (Wildman–Crippen LogP) is 3.92. The lowest BCUT2D eigenvalue weighted by atomic mass is 10.2. The van der Waals surface area contributed by atoms with E-state index in [1.807, 2.05) is 30.3 Å². The highest BCUT2D eigenvalue weighted by atomic mass is 16.6. The summed E-state index contributed by atoms with van der Waals surface area (Å²) < 4.78 is 10.4. The molecule has 1 aromatic carbocycles. The Balaban J connectivity index is 1.92. The maximum Gasteiger partial charge on any atom is 0.433 e. The summed E-state index contributed by atoms with van der Waals surface area (Å²) in [6.07, 6.45) is 3.37. The van der Waals surface area contributed by atoms with Gasteiger partial charge in [-0.2, -0.15) is 0 Å². The first-order valence-electron chi connectivity index (χ1n) is 6.53. The molecule has 0 N–H and O–H groups in total. The molecule has 0 spiro atoms. The summed E-state index contributed by atoms with van der Waals surface area (Å²) in [5.41, 5.74) is 1.47. The Morgan fingerprint density at radius 1 is 1.18 bits per heavy atom. The SMILES string of the molecule is COc1cccc2ccc(/C=C/c3ccc([N+](=O)[O-])o3)nc12. The molecule has 0 aliphatic heterocycles. The standard InChI is InChI=1S/C16H12N2O4/c1-21-14-4-2-3-11-5-6-12(17-16(11)14)7-8-13-9-10-15(22-13)18(19)20/h2-10H,1H3/b8-7+. The van der Waals surface area contributed by atoms with Gasteiger partial charge < -0.3 is 9.15 Å². The fourth-order valence-corrected chi connectivity index (χ4v) is 2.09. The molecule has 3 rings (SSSR count). The minimum absolute atomic E-state index is 0.284. The number of nitrogens with zero attached hydrogens (tertiary/aromatic N) is 2. The molecule has 0 radical (unpaired) electrons. The zero-order valence-electron chi connectivity index (χ0n) is 11.7. The first-order chi connectivity index (χ1) is 10.7. The first-order valence-corrected chi connectivity index (χ1v) is 6.53. The highest BCUT2D eigenvalue weighted by molar-refractivity contribution is 5.85. The second-order valence-corrected chi connectivity index (χ2v) is 4.53. The van der Waals surface area contributed by atoms with Crippen molar-refractivity contribution in [2.75, 3.05) is 7.11 Å². The van der Waals surface area contributed by atoms with Gasteiger partial charge in [0.25, 0.3) is 0 Å². The molecule has 0 bridgehead atoms. The molecular formula is C16H12N2O4. The number of benzene rings is 1. The van der Waals surface area contributed by atoms with Crippen LogP contribution in [-0.2, 0) is 0 Å². The molecule has 0 aliphatic rings. The van der Waals surface area contributed by atoms with E-state index in [9.17, 15) is 10.1 Å². The third-order valence-corrected chi connectivity index (χ3v) is 3.14. The van der Waals surface area contributed by atoms with Crippen molar-refractivity contribution in [1.82, 2.24) is 4.98 Å². The Labute approximate surface area is 125 Å². The van der Waals surface area contributed by atoms with Gasteiger partial charge in [-0.3, -0.25) is 10.1 Å². The van der Waals surface area contributed by atoms with Gasteiger partial charge in [-0.05, 0) is 30.4 Å². The summed E-state index contributed by atoms with van der Waals surface area (Å²) >= 11 is 0. The lowest BCUT2D eigenvalue weighted by Crippen LogP contribution is -1.89. The Hall–Kier alpha value is -3.15. The predicted molar refractivity (Wildman–Crippen MR) is 82.6 cm³/mol. The lowest BCUT2D eigenvalue weighted by Gasteiger charge is -2.04. The highest BCUT2D eigenvalue weighted by Gasteiger charge is 2.10. The van der Waals surface area contributed by atoms with E-state index in [2.05, 4.69) is 4.98 Å². The fourth-order valence-electron chi connectivity index (χ4n) is 2.09. The van der Waals surface area contributed by atoms with Crippen LogP contribution in [0.2, 0.25) is 0 Å². The van der Waals surface area contributed by atoms with E-state index in [4.69, 9.17) is 9.15 Å². The molecule has 0 saturated carbocycles. The van der Waals surface area contributed by atoms with Crippen molar-refractivity contribution in [2.24, 2.45) is 0 Å². The minimum atomic E-state index is -0.573. The van der Waals surface area contributed by atoms with Gasteiger partial charge in [-0.15, -0.1) is 0 Å². The monoisotopic (exact) mass is 296 g/mol. The fraction of sp³-hybridized carbons (Fsp3) is 0.0625. The molecule has 3 aromatic rings. The largest absolute Gasteiger partial charge is 0.494 e. The average molecular weight is 296 g/mol.